The van der Waals surface area contributed by atoms with Gasteiger partial charge in [-0.1, -0.05) is 6.42 Å². The zero-order valence-electron chi connectivity index (χ0n) is 17.5. The molecule has 8 nitrogen and oxygen atoms in total. The number of H-pyrrole nitrogens is 1. The van der Waals surface area contributed by atoms with Gasteiger partial charge in [0.1, 0.15) is 17.6 Å². The average Bonchev–Trinajstić information content (AvgIpc) is 2.89. The van der Waals surface area contributed by atoms with Crippen molar-refractivity contribution in [1.82, 2.24) is 14.9 Å². The smallest absolute Gasteiger partial charge is 0.345 e. The van der Waals surface area contributed by atoms with Crippen LogP contribution >= 0.6 is 0 Å². The normalized spacial score (nSPS) is 18.1. The van der Waals surface area contributed by atoms with Gasteiger partial charge in [0.25, 0.3) is 5.56 Å². The summed E-state index contributed by atoms with van der Waals surface area (Å²) >= 11 is 0. The van der Waals surface area contributed by atoms with Gasteiger partial charge < -0.3 is 29.8 Å². The van der Waals surface area contributed by atoms with E-state index in [1.807, 2.05) is 26.1 Å². The number of aromatic hydroxyl groups is 1. The Balaban J connectivity index is 1.66. The third-order valence-corrected chi connectivity index (χ3v) is 6.51. The Morgan fingerprint density at radius 3 is 2.77 bits per heavy atom. The molecule has 3 aromatic rings. The Labute approximate surface area is 178 Å². The number of aromatic carboxylic acids is 1. The van der Waals surface area contributed by atoms with Crippen LogP contribution in [-0.4, -0.2) is 37.9 Å². The predicted molar refractivity (Wildman–Crippen MR) is 116 cm³/mol. The molecule has 0 amide bonds. The molecule has 2 aliphatic rings. The molecule has 0 saturated heterocycles. The molecule has 1 atom stereocenters. The number of pyridine rings is 1. The van der Waals surface area contributed by atoms with E-state index < -0.39 is 22.8 Å². The second-order valence-corrected chi connectivity index (χ2v) is 8.58. The van der Waals surface area contributed by atoms with Crippen molar-refractivity contribution in [3.05, 3.63) is 45.4 Å². The van der Waals surface area contributed by atoms with Gasteiger partial charge in [0, 0.05) is 54.3 Å². The van der Waals surface area contributed by atoms with Crippen LogP contribution in [0.15, 0.2) is 23.0 Å². The Kier molecular flexibility index (Phi) is 4.55. The maximum atomic E-state index is 12.4. The molecule has 0 spiro atoms. The molecule has 1 aliphatic heterocycles. The van der Waals surface area contributed by atoms with Crippen molar-refractivity contribution in [1.29, 1.82) is 0 Å². The number of carboxylic acids is 1. The molecule has 5 rings (SSSR count). The summed E-state index contributed by atoms with van der Waals surface area (Å²) < 4.78 is 8.26. The Morgan fingerprint density at radius 2 is 2.10 bits per heavy atom. The van der Waals surface area contributed by atoms with Gasteiger partial charge in [-0.15, -0.1) is 0 Å². The maximum Gasteiger partial charge on any atom is 0.345 e. The molecule has 1 aliphatic carbocycles. The number of hydrogen-bond acceptors (Lipinski definition) is 5. The highest BCUT2D eigenvalue weighted by molar-refractivity contribution is 5.94. The molecular weight excluding hydrogens is 398 g/mol. The summed E-state index contributed by atoms with van der Waals surface area (Å²) in [6, 6.07) is 6.58. The van der Waals surface area contributed by atoms with Gasteiger partial charge in [0.15, 0.2) is 5.56 Å². The van der Waals surface area contributed by atoms with E-state index in [1.165, 1.54) is 19.3 Å². The number of benzene rings is 1. The highest BCUT2D eigenvalue weighted by Crippen LogP contribution is 2.41. The number of ether oxygens (including phenoxy) is 1. The van der Waals surface area contributed by atoms with Gasteiger partial charge >= 0.3 is 5.97 Å². The van der Waals surface area contributed by atoms with Crippen LogP contribution in [0.2, 0.25) is 0 Å². The first-order chi connectivity index (χ1) is 14.8. The average molecular weight is 423 g/mol. The Morgan fingerprint density at radius 1 is 1.32 bits per heavy atom. The first-order valence-electron chi connectivity index (χ1n) is 10.6. The molecule has 1 aromatic carbocycles. The number of aromatic amines is 1. The summed E-state index contributed by atoms with van der Waals surface area (Å²) in [5.74, 6) is -1.36. The number of aryl methyl sites for hydroxylation is 1. The summed E-state index contributed by atoms with van der Waals surface area (Å²) in [6.07, 6.45) is 3.69. The van der Waals surface area contributed by atoms with Gasteiger partial charge in [0.2, 0.25) is 0 Å². The molecule has 8 heteroatoms. The monoisotopic (exact) mass is 423 g/mol. The zero-order chi connectivity index (χ0) is 21.9. The Bertz CT molecular complexity index is 1270. The zero-order valence-corrected chi connectivity index (χ0v) is 17.5. The minimum Gasteiger partial charge on any atom is -0.506 e. The van der Waals surface area contributed by atoms with Crippen molar-refractivity contribution in [3.63, 3.8) is 0 Å². The lowest BCUT2D eigenvalue weighted by atomic mass is 9.93. The number of hydrogen-bond donors (Lipinski definition) is 4. The van der Waals surface area contributed by atoms with Crippen molar-refractivity contribution >= 4 is 16.9 Å². The molecule has 1 fully saturated rings. The molecular formula is C23H25N3O5. The van der Waals surface area contributed by atoms with E-state index >= 15 is 0 Å². The standard InChI is InChI=1S/C23H25N3O5/c1-11-6-16-20(25-22(28)19(21(16)27)23(29)30)15-8-12-7-14(10-24-13-4-3-5-13)26(2)17(12)9-18(15)31-11/h7-9,11,13,24H,3-6,10H2,1-2H3,(H,29,30)(H2,25,27,28). The number of aromatic nitrogens is 2. The molecule has 2 aromatic heterocycles. The lowest BCUT2D eigenvalue weighted by molar-refractivity contribution is 0.0691. The van der Waals surface area contributed by atoms with E-state index in [1.54, 1.807) is 0 Å². The van der Waals surface area contributed by atoms with Gasteiger partial charge in [-0.05, 0) is 31.9 Å². The second-order valence-electron chi connectivity index (χ2n) is 8.58. The van der Waals surface area contributed by atoms with Crippen LogP contribution in [0.1, 0.15) is 47.8 Å². The van der Waals surface area contributed by atoms with Crippen LogP contribution in [0.25, 0.3) is 22.2 Å². The number of nitrogens with zero attached hydrogens (tertiary/aromatic N) is 1. The van der Waals surface area contributed by atoms with E-state index in [2.05, 4.69) is 20.9 Å². The molecule has 1 unspecified atom stereocenters. The predicted octanol–water partition coefficient (Wildman–Crippen LogP) is 2.90. The maximum absolute atomic E-state index is 12.4. The first kappa shape index (κ1) is 19.7. The van der Waals surface area contributed by atoms with Crippen LogP contribution in [0.3, 0.4) is 0 Å². The number of fused-ring (bicyclic) bond motifs is 4. The summed E-state index contributed by atoms with van der Waals surface area (Å²) in [4.78, 5) is 26.6. The summed E-state index contributed by atoms with van der Waals surface area (Å²) in [6.45, 7) is 2.63. The largest absolute Gasteiger partial charge is 0.506 e. The molecule has 4 N–H and O–H groups in total. The fourth-order valence-corrected chi connectivity index (χ4v) is 4.55. The van der Waals surface area contributed by atoms with Crippen molar-refractivity contribution in [2.45, 2.75) is 51.3 Å². The van der Waals surface area contributed by atoms with E-state index in [0.29, 0.717) is 28.6 Å². The molecule has 0 bridgehead atoms. The van der Waals surface area contributed by atoms with E-state index in [4.69, 9.17) is 4.74 Å². The van der Waals surface area contributed by atoms with Crippen LogP contribution in [0.4, 0.5) is 0 Å². The van der Waals surface area contributed by atoms with E-state index in [0.717, 1.165) is 23.1 Å². The number of nitrogens with one attached hydrogen (secondary N) is 2. The summed E-state index contributed by atoms with van der Waals surface area (Å²) in [5.41, 5.74) is 2.11. The fraction of sp³-hybridized carbons (Fsp3) is 0.391. The van der Waals surface area contributed by atoms with Crippen molar-refractivity contribution in [2.75, 3.05) is 0 Å². The third-order valence-electron chi connectivity index (χ3n) is 6.51. The molecule has 162 valence electrons. The van der Waals surface area contributed by atoms with Gasteiger partial charge in [-0.2, -0.15) is 0 Å². The number of carbonyl (C=O) groups is 1. The Hall–Kier alpha value is -3.26. The van der Waals surface area contributed by atoms with Gasteiger partial charge in [-0.3, -0.25) is 4.79 Å². The van der Waals surface area contributed by atoms with Crippen LogP contribution < -0.4 is 15.6 Å². The lowest BCUT2D eigenvalue weighted by Gasteiger charge is -2.26. The van der Waals surface area contributed by atoms with E-state index in [-0.39, 0.29) is 12.5 Å². The van der Waals surface area contributed by atoms with Crippen molar-refractivity contribution in [3.8, 4) is 22.8 Å². The highest BCUT2D eigenvalue weighted by Gasteiger charge is 2.29. The minimum absolute atomic E-state index is 0.278. The second kappa shape index (κ2) is 7.16. The fourth-order valence-electron chi connectivity index (χ4n) is 4.55. The van der Waals surface area contributed by atoms with Gasteiger partial charge in [0.05, 0.1) is 11.2 Å². The SMILES string of the molecule is CC1Cc2c([nH]c(=O)c(C(=O)O)c2O)-c2cc3cc(CNC4CCC4)n(C)c3cc2O1. The first-order valence-corrected chi connectivity index (χ1v) is 10.6. The van der Waals surface area contributed by atoms with Crippen LogP contribution in [0.5, 0.6) is 11.5 Å². The summed E-state index contributed by atoms with van der Waals surface area (Å²) in [7, 11) is 2.02. The number of carboxylic acid groups (broad SMARTS) is 1. The van der Waals surface area contributed by atoms with Crippen LogP contribution in [0, 0.1) is 0 Å². The van der Waals surface area contributed by atoms with Crippen LogP contribution in [-0.2, 0) is 20.0 Å². The molecule has 31 heavy (non-hydrogen) atoms. The molecule has 1 saturated carbocycles. The molecule has 0 radical (unpaired) electrons. The minimum atomic E-state index is -1.46. The lowest BCUT2D eigenvalue weighted by Crippen LogP contribution is -2.34. The highest BCUT2D eigenvalue weighted by atomic mass is 16.5. The third kappa shape index (κ3) is 3.18. The van der Waals surface area contributed by atoms with Crippen molar-refractivity contribution in [2.24, 2.45) is 7.05 Å². The number of rotatable bonds is 4. The topological polar surface area (TPSA) is 117 Å². The van der Waals surface area contributed by atoms with Crippen molar-refractivity contribution < 1.29 is 19.7 Å². The summed E-state index contributed by atoms with van der Waals surface area (Å²) in [5, 5.41) is 24.5. The van der Waals surface area contributed by atoms with Gasteiger partial charge in [-0.25, -0.2) is 4.79 Å². The quantitative estimate of drug-likeness (QED) is 0.513. The molecule has 3 heterocycles. The van der Waals surface area contributed by atoms with E-state index in [9.17, 15) is 19.8 Å².